The fourth-order valence-corrected chi connectivity index (χ4v) is 2.35. The number of aryl methyl sites for hydroxylation is 1. The van der Waals surface area contributed by atoms with Crippen molar-refractivity contribution in [2.45, 2.75) is 19.9 Å². The van der Waals surface area contributed by atoms with Crippen LogP contribution in [-0.2, 0) is 9.53 Å². The Kier molecular flexibility index (Phi) is 3.64. The number of hydrogen-bond acceptors (Lipinski definition) is 3. The number of esters is 1. The first kappa shape index (κ1) is 13.3. The van der Waals surface area contributed by atoms with Gasteiger partial charge in [0, 0.05) is 5.71 Å². The van der Waals surface area contributed by atoms with Gasteiger partial charge in [0.1, 0.15) is 5.92 Å². The summed E-state index contributed by atoms with van der Waals surface area (Å²) in [7, 11) is 1.33. The molecule has 100 valence electrons. The summed E-state index contributed by atoms with van der Waals surface area (Å²) in [5.41, 5.74) is 2.39. The minimum absolute atomic E-state index is 0.394. The molecule has 0 aliphatic carbocycles. The molecule has 0 saturated carbocycles. The fraction of sp³-hybridized carbons (Fsp3) is 0.357. The summed E-state index contributed by atoms with van der Waals surface area (Å²) in [6.07, 6.45) is 0. The quantitative estimate of drug-likeness (QED) is 0.827. The Balaban J connectivity index is 2.47. The smallest absolute Gasteiger partial charge is 0.341 e. The van der Waals surface area contributed by atoms with Gasteiger partial charge in [-0.2, -0.15) is 0 Å². The van der Waals surface area contributed by atoms with Crippen LogP contribution in [-0.4, -0.2) is 24.8 Å². The summed E-state index contributed by atoms with van der Waals surface area (Å²) in [5, 5.41) is 2.74. The second-order valence-electron chi connectivity index (χ2n) is 4.54. The van der Waals surface area contributed by atoms with Crippen LogP contribution in [0.1, 0.15) is 24.1 Å². The predicted octanol–water partition coefficient (Wildman–Crippen LogP) is 2.01. The van der Waals surface area contributed by atoms with Crippen molar-refractivity contribution in [3.8, 4) is 0 Å². The van der Waals surface area contributed by atoms with Crippen molar-refractivity contribution in [2.75, 3.05) is 7.11 Å². The third-order valence-electron chi connectivity index (χ3n) is 3.32. The molecule has 1 N–H and O–H groups in total. The molecule has 2 unspecified atom stereocenters. The maximum atomic E-state index is 11.9. The number of carbonyl (C=O) groups is 2. The van der Waals surface area contributed by atoms with Gasteiger partial charge in [0.15, 0.2) is 0 Å². The van der Waals surface area contributed by atoms with Crippen LogP contribution in [0, 0.1) is 12.8 Å². The molecule has 19 heavy (non-hydrogen) atoms. The maximum Gasteiger partial charge on any atom is 0.341 e. The number of carbonyl (C=O) groups excluding carboxylic acids is 2. The lowest BCUT2D eigenvalue weighted by molar-refractivity contribution is -0.143. The van der Waals surface area contributed by atoms with E-state index in [1.807, 2.05) is 31.2 Å². The van der Waals surface area contributed by atoms with Crippen LogP contribution < -0.4 is 5.32 Å². The molecule has 1 aromatic rings. The van der Waals surface area contributed by atoms with Gasteiger partial charge < -0.3 is 10.1 Å². The van der Waals surface area contributed by atoms with Crippen molar-refractivity contribution < 1.29 is 14.3 Å². The lowest BCUT2D eigenvalue weighted by Gasteiger charge is -2.30. The molecule has 0 spiro atoms. The van der Waals surface area contributed by atoms with Crippen molar-refractivity contribution in [3.63, 3.8) is 0 Å². The molecule has 1 aliphatic rings. The SMILES string of the molecule is COC(=O)C1C(C)=NC(=O)NC1c1ccccc1C. The minimum Gasteiger partial charge on any atom is -0.468 e. The molecule has 2 amide bonds. The van der Waals surface area contributed by atoms with E-state index in [1.165, 1.54) is 7.11 Å². The lowest BCUT2D eigenvalue weighted by atomic mass is 9.86. The number of methoxy groups -OCH3 is 1. The fourth-order valence-electron chi connectivity index (χ4n) is 2.35. The Bertz CT molecular complexity index is 551. The first-order valence-corrected chi connectivity index (χ1v) is 6.03. The average molecular weight is 260 g/mol. The van der Waals surface area contributed by atoms with Gasteiger partial charge >= 0.3 is 12.0 Å². The van der Waals surface area contributed by atoms with Gasteiger partial charge in [0.25, 0.3) is 0 Å². The Labute approximate surface area is 111 Å². The Morgan fingerprint density at radius 2 is 2.00 bits per heavy atom. The highest BCUT2D eigenvalue weighted by atomic mass is 16.5. The zero-order valence-corrected chi connectivity index (χ0v) is 11.1. The highest BCUT2D eigenvalue weighted by Crippen LogP contribution is 2.29. The molecule has 0 fully saturated rings. The van der Waals surface area contributed by atoms with Crippen LogP contribution in [0.3, 0.4) is 0 Å². The van der Waals surface area contributed by atoms with Crippen LogP contribution in [0.2, 0.25) is 0 Å². The van der Waals surface area contributed by atoms with Gasteiger partial charge in [-0.25, -0.2) is 9.79 Å². The molecule has 0 bridgehead atoms. The lowest BCUT2D eigenvalue weighted by Crippen LogP contribution is -2.44. The largest absolute Gasteiger partial charge is 0.468 e. The van der Waals surface area contributed by atoms with Crippen molar-refractivity contribution in [3.05, 3.63) is 35.4 Å². The molecule has 1 aliphatic heterocycles. The first-order valence-electron chi connectivity index (χ1n) is 6.03. The second kappa shape index (κ2) is 5.22. The molecular formula is C14H16N2O3. The van der Waals surface area contributed by atoms with E-state index in [1.54, 1.807) is 6.92 Å². The second-order valence-corrected chi connectivity index (χ2v) is 4.54. The zero-order chi connectivity index (χ0) is 14.0. The Morgan fingerprint density at radius 1 is 1.32 bits per heavy atom. The summed E-state index contributed by atoms with van der Waals surface area (Å²) in [6.45, 7) is 3.61. The molecule has 5 heteroatoms. The number of aliphatic imine (C=N–C) groups is 1. The van der Waals surface area contributed by atoms with Crippen LogP contribution in [0.15, 0.2) is 29.3 Å². The number of nitrogens with zero attached hydrogens (tertiary/aromatic N) is 1. The normalized spacial score (nSPS) is 22.5. The van der Waals surface area contributed by atoms with Gasteiger partial charge in [0.2, 0.25) is 0 Å². The predicted molar refractivity (Wildman–Crippen MR) is 71.1 cm³/mol. The molecule has 2 rings (SSSR count). The van der Waals surface area contributed by atoms with E-state index in [4.69, 9.17) is 4.74 Å². The third kappa shape index (κ3) is 2.50. The van der Waals surface area contributed by atoms with Gasteiger partial charge in [-0.15, -0.1) is 0 Å². The molecule has 2 atom stereocenters. The van der Waals surface area contributed by atoms with Crippen molar-refractivity contribution >= 4 is 17.7 Å². The molecule has 1 aromatic carbocycles. The number of amides is 2. The average Bonchev–Trinajstić information content (AvgIpc) is 2.37. The zero-order valence-electron chi connectivity index (χ0n) is 11.1. The number of ether oxygens (including phenoxy) is 1. The number of hydrogen-bond donors (Lipinski definition) is 1. The molecule has 5 nitrogen and oxygen atoms in total. The van der Waals surface area contributed by atoms with Crippen molar-refractivity contribution in [1.29, 1.82) is 0 Å². The molecular weight excluding hydrogens is 244 g/mol. The summed E-state index contributed by atoms with van der Waals surface area (Å²) in [5.74, 6) is -0.974. The van der Waals surface area contributed by atoms with Crippen LogP contribution in [0.25, 0.3) is 0 Å². The molecule has 0 radical (unpaired) electrons. The summed E-state index contributed by atoms with van der Waals surface area (Å²) in [6, 6.07) is 6.78. The van der Waals surface area contributed by atoms with Crippen LogP contribution in [0.5, 0.6) is 0 Å². The highest BCUT2D eigenvalue weighted by molar-refractivity contribution is 6.08. The topological polar surface area (TPSA) is 67.8 Å². The Hall–Kier alpha value is -2.17. The Morgan fingerprint density at radius 3 is 2.63 bits per heavy atom. The number of rotatable bonds is 2. The monoisotopic (exact) mass is 260 g/mol. The van der Waals surface area contributed by atoms with Gasteiger partial charge in [-0.3, -0.25) is 4.79 Å². The van der Waals surface area contributed by atoms with E-state index in [9.17, 15) is 9.59 Å². The van der Waals surface area contributed by atoms with Gasteiger partial charge in [-0.05, 0) is 25.0 Å². The van der Waals surface area contributed by atoms with E-state index < -0.39 is 24.0 Å². The number of nitrogens with one attached hydrogen (secondary N) is 1. The van der Waals surface area contributed by atoms with Gasteiger partial charge in [-0.1, -0.05) is 24.3 Å². The summed E-state index contributed by atoms with van der Waals surface area (Å²) in [4.78, 5) is 27.3. The van der Waals surface area contributed by atoms with Crippen LogP contribution in [0.4, 0.5) is 4.79 Å². The molecule has 0 aromatic heterocycles. The van der Waals surface area contributed by atoms with E-state index in [0.717, 1.165) is 11.1 Å². The van der Waals surface area contributed by atoms with Crippen molar-refractivity contribution in [2.24, 2.45) is 10.9 Å². The van der Waals surface area contributed by atoms with E-state index >= 15 is 0 Å². The first-order chi connectivity index (χ1) is 9.04. The molecule has 0 saturated heterocycles. The van der Waals surface area contributed by atoms with E-state index in [0.29, 0.717) is 5.71 Å². The van der Waals surface area contributed by atoms with Crippen LogP contribution >= 0.6 is 0 Å². The van der Waals surface area contributed by atoms with E-state index in [-0.39, 0.29) is 0 Å². The minimum atomic E-state index is -0.580. The molecule has 1 heterocycles. The summed E-state index contributed by atoms with van der Waals surface area (Å²) < 4.78 is 4.82. The number of urea groups is 1. The van der Waals surface area contributed by atoms with E-state index in [2.05, 4.69) is 10.3 Å². The summed E-state index contributed by atoms with van der Waals surface area (Å²) >= 11 is 0. The van der Waals surface area contributed by atoms with Crippen molar-refractivity contribution in [1.82, 2.24) is 5.32 Å². The highest BCUT2D eigenvalue weighted by Gasteiger charge is 2.38. The third-order valence-corrected chi connectivity index (χ3v) is 3.32. The number of benzene rings is 1. The van der Waals surface area contributed by atoms with Gasteiger partial charge in [0.05, 0.1) is 13.2 Å². The standard InChI is InChI=1S/C14H16N2O3/c1-8-6-4-5-7-10(8)12-11(13(17)19-3)9(2)15-14(18)16-12/h4-7,11-12H,1-3H3,(H,16,18). The maximum absolute atomic E-state index is 11.9.